The third kappa shape index (κ3) is 6.29. The highest BCUT2D eigenvalue weighted by atomic mass is 32.1. The van der Waals surface area contributed by atoms with Crippen molar-refractivity contribution in [1.82, 2.24) is 0 Å². The number of carboxylic acid groups (broad SMARTS) is 1. The van der Waals surface area contributed by atoms with Gasteiger partial charge in [-0.3, -0.25) is 9.59 Å². The van der Waals surface area contributed by atoms with Crippen LogP contribution in [0.25, 0.3) is 21.4 Å². The number of aliphatic carboxylic acids is 1. The number of benzene rings is 2. The van der Waals surface area contributed by atoms with Gasteiger partial charge in [0.1, 0.15) is 12.3 Å². The first-order chi connectivity index (χ1) is 24.3. The molecule has 2 N–H and O–H groups in total. The first kappa shape index (κ1) is 35.8. The van der Waals surface area contributed by atoms with Crippen molar-refractivity contribution >= 4 is 46.3 Å². The Kier molecular flexibility index (Phi) is 9.80. The minimum absolute atomic E-state index is 0.0425. The predicted molar refractivity (Wildman–Crippen MR) is 207 cm³/mol. The Morgan fingerprint density at radius 2 is 1.73 bits per heavy atom. The van der Waals surface area contributed by atoms with Crippen LogP contribution < -0.4 is 4.90 Å². The van der Waals surface area contributed by atoms with E-state index in [-0.39, 0.29) is 22.7 Å². The number of para-hydroxylation sites is 1. The molecule has 0 radical (unpaired) electrons. The predicted octanol–water partition coefficient (Wildman–Crippen LogP) is 10.1. The molecule has 0 saturated heterocycles. The summed E-state index contributed by atoms with van der Waals surface area (Å²) in [6, 6.07) is 18.6. The van der Waals surface area contributed by atoms with Crippen LogP contribution in [-0.2, 0) is 20.4 Å². The fourth-order valence-corrected chi connectivity index (χ4v) is 8.58. The first-order valence-electron chi connectivity index (χ1n) is 17.9. The van der Waals surface area contributed by atoms with Crippen molar-refractivity contribution in [3.8, 4) is 10.4 Å². The van der Waals surface area contributed by atoms with Gasteiger partial charge in [0, 0.05) is 57.2 Å². The zero-order valence-corrected chi connectivity index (χ0v) is 31.2. The number of fused-ring (bicyclic) bond motifs is 2. The van der Waals surface area contributed by atoms with E-state index in [2.05, 4.69) is 92.3 Å². The minimum atomic E-state index is -1.24. The maximum Gasteiger partial charge on any atom is 0.333 e. The van der Waals surface area contributed by atoms with Crippen LogP contribution in [0, 0.1) is 6.57 Å². The number of anilines is 1. The largest absolute Gasteiger partial charge is 0.506 e. The maximum absolute atomic E-state index is 13.9. The number of aliphatic hydroxyl groups excluding tert-OH is 1. The van der Waals surface area contributed by atoms with Crippen molar-refractivity contribution in [3.05, 3.63) is 122 Å². The van der Waals surface area contributed by atoms with Crippen molar-refractivity contribution in [2.75, 3.05) is 18.0 Å². The van der Waals surface area contributed by atoms with E-state index in [0.717, 1.165) is 84.0 Å². The van der Waals surface area contributed by atoms with Gasteiger partial charge in [-0.1, -0.05) is 71.2 Å². The summed E-state index contributed by atoms with van der Waals surface area (Å²) >= 11 is 1.44. The third-order valence-corrected chi connectivity index (χ3v) is 11.5. The van der Waals surface area contributed by atoms with Crippen molar-refractivity contribution in [2.45, 2.75) is 84.5 Å². The minimum Gasteiger partial charge on any atom is -0.506 e. The van der Waals surface area contributed by atoms with E-state index >= 15 is 0 Å². The molecule has 3 heterocycles. The summed E-state index contributed by atoms with van der Waals surface area (Å²) in [5.41, 5.74) is 7.18. The van der Waals surface area contributed by atoms with Gasteiger partial charge in [-0.25, -0.2) is 4.85 Å². The van der Waals surface area contributed by atoms with Crippen LogP contribution in [0.4, 0.5) is 11.4 Å². The molecule has 3 aromatic rings. The lowest BCUT2D eigenvalue weighted by atomic mass is 9.77. The molecule has 1 aromatic heterocycles. The Hall–Kier alpha value is -5.00. The van der Waals surface area contributed by atoms with Crippen LogP contribution in [0.5, 0.6) is 0 Å². The standard InChI is InChI=1S/C43H45N3O4S/c1-8-10-11-14-22-46-35-19-17-27(36-20-18-28(51-36)24-33(44-7)41(49)50)23-32(35)43(5,6)38(46)26-30-39(47)29(40(30)48)25-37-42(3,4)31-15-12-13-16-34(31)45(37)21-9-2/h12-13,15-20,23-26H,8-11,14,21-22H2,1-6H3,(H-,47,48,49,50)/p+1/b33-24-. The van der Waals surface area contributed by atoms with Gasteiger partial charge in [0.05, 0.1) is 23.1 Å². The Morgan fingerprint density at radius 1 is 0.961 bits per heavy atom. The van der Waals surface area contributed by atoms with Gasteiger partial charge in [0.15, 0.2) is 5.71 Å². The zero-order valence-electron chi connectivity index (χ0n) is 30.3. The second kappa shape index (κ2) is 14.0. The summed E-state index contributed by atoms with van der Waals surface area (Å²) in [7, 11) is 0. The summed E-state index contributed by atoms with van der Waals surface area (Å²) < 4.78 is 2.29. The second-order valence-electron chi connectivity index (χ2n) is 14.6. The molecule has 0 atom stereocenters. The van der Waals surface area contributed by atoms with Gasteiger partial charge in [-0.05, 0) is 67.8 Å². The summed E-state index contributed by atoms with van der Waals surface area (Å²) in [5.74, 6) is -1.34. The lowest BCUT2D eigenvalue weighted by Crippen LogP contribution is -2.32. The molecule has 2 aliphatic heterocycles. The van der Waals surface area contributed by atoms with Crippen LogP contribution in [0.15, 0.2) is 95.0 Å². The van der Waals surface area contributed by atoms with Crippen LogP contribution in [-0.4, -0.2) is 45.3 Å². The molecule has 0 bridgehead atoms. The van der Waals surface area contributed by atoms with E-state index in [1.807, 2.05) is 30.4 Å². The highest BCUT2D eigenvalue weighted by molar-refractivity contribution is 7.16. The van der Waals surface area contributed by atoms with Crippen LogP contribution >= 0.6 is 11.3 Å². The van der Waals surface area contributed by atoms with Crippen molar-refractivity contribution < 1.29 is 24.4 Å². The summed E-state index contributed by atoms with van der Waals surface area (Å²) in [5, 5.41) is 20.8. The molecule has 1 aliphatic carbocycles. The number of allylic oxidation sites excluding steroid dienone is 5. The Labute approximate surface area is 305 Å². The van der Waals surface area contributed by atoms with Gasteiger partial charge in [0.2, 0.25) is 11.5 Å². The molecule has 262 valence electrons. The Morgan fingerprint density at radius 3 is 2.41 bits per heavy atom. The molecule has 0 spiro atoms. The number of nitrogens with zero attached hydrogens (tertiary/aromatic N) is 3. The molecule has 51 heavy (non-hydrogen) atoms. The number of carbonyl (C=O) groups is 2. The number of Topliss-reactive ketones (excluding diaryl/α,β-unsaturated/α-hetero) is 1. The normalized spacial score (nSPS) is 19.1. The van der Waals surface area contributed by atoms with E-state index in [1.165, 1.54) is 23.0 Å². The second-order valence-corrected chi connectivity index (χ2v) is 15.7. The average molecular weight is 701 g/mol. The number of carbonyl (C=O) groups excluding carboxylic acids is 1. The third-order valence-electron chi connectivity index (χ3n) is 10.5. The number of thiophene rings is 1. The SMILES string of the molecule is [C-]#[N+]/C(=C\c1ccc(-c2ccc3c(c2)C(C)(C)C(=CC2=C(O)C(=CC4=[N+](CCC)c5ccccc5C4(C)C)C2=O)N3CCCCCC)s1)C(=O)O. The molecule has 3 aliphatic rings. The van der Waals surface area contributed by atoms with Crippen molar-refractivity contribution in [3.63, 3.8) is 0 Å². The van der Waals surface area contributed by atoms with Gasteiger partial charge in [-0.2, -0.15) is 4.58 Å². The Bertz CT molecular complexity index is 2130. The molecular weight excluding hydrogens is 655 g/mol. The van der Waals surface area contributed by atoms with Crippen LogP contribution in [0.1, 0.15) is 89.7 Å². The van der Waals surface area contributed by atoms with E-state index in [9.17, 15) is 19.8 Å². The van der Waals surface area contributed by atoms with Gasteiger partial charge in [-0.15, -0.1) is 11.3 Å². The molecule has 2 aromatic carbocycles. The lowest BCUT2D eigenvalue weighted by Gasteiger charge is -2.29. The maximum atomic E-state index is 13.9. The van der Waals surface area contributed by atoms with Gasteiger partial charge >= 0.3 is 5.97 Å². The zero-order chi connectivity index (χ0) is 36.7. The number of unbranched alkanes of at least 4 members (excludes halogenated alkanes) is 3. The van der Waals surface area contributed by atoms with E-state index in [4.69, 9.17) is 6.57 Å². The molecule has 0 amide bonds. The average Bonchev–Trinajstić information content (AvgIpc) is 3.72. The van der Waals surface area contributed by atoms with Crippen molar-refractivity contribution in [1.29, 1.82) is 0 Å². The monoisotopic (exact) mass is 700 g/mol. The summed E-state index contributed by atoms with van der Waals surface area (Å²) in [4.78, 5) is 32.4. The molecular formula is C43H46N3O4S+. The molecule has 0 saturated carbocycles. The van der Waals surface area contributed by atoms with E-state index in [1.54, 1.807) is 0 Å². The van der Waals surface area contributed by atoms with Crippen LogP contribution in [0.3, 0.4) is 0 Å². The number of ketones is 1. The van der Waals surface area contributed by atoms with E-state index in [0.29, 0.717) is 16.0 Å². The topological polar surface area (TPSA) is 85.2 Å². The fraction of sp³-hybridized carbons (Fsp3) is 0.349. The van der Waals surface area contributed by atoms with Crippen LogP contribution in [0.2, 0.25) is 0 Å². The highest BCUT2D eigenvalue weighted by Crippen LogP contribution is 2.51. The molecule has 0 fully saturated rings. The summed E-state index contributed by atoms with van der Waals surface area (Å²) in [6.07, 6.45) is 10.6. The first-order valence-corrected chi connectivity index (χ1v) is 18.7. The smallest absolute Gasteiger partial charge is 0.333 e. The number of carboxylic acids is 1. The molecule has 8 heteroatoms. The quantitative estimate of drug-likeness (QED) is 0.0850. The van der Waals surface area contributed by atoms with Gasteiger partial charge < -0.3 is 15.1 Å². The fourth-order valence-electron chi connectivity index (χ4n) is 7.64. The molecule has 7 nitrogen and oxygen atoms in total. The Balaban J connectivity index is 1.38. The lowest BCUT2D eigenvalue weighted by molar-refractivity contribution is -0.437. The number of rotatable bonds is 12. The van der Waals surface area contributed by atoms with Crippen molar-refractivity contribution in [2.24, 2.45) is 0 Å². The number of aliphatic hydroxyl groups is 1. The molecule has 6 rings (SSSR count). The van der Waals surface area contributed by atoms with Gasteiger partial charge in [0.25, 0.3) is 5.70 Å². The number of hydrogen-bond acceptors (Lipinski definition) is 5. The molecule has 0 unspecified atom stereocenters. The summed E-state index contributed by atoms with van der Waals surface area (Å²) in [6.45, 7) is 21.8. The van der Waals surface area contributed by atoms with E-state index < -0.39 is 11.4 Å². The number of hydrogen-bond donors (Lipinski definition) is 2. The highest BCUT2D eigenvalue weighted by Gasteiger charge is 2.47.